The second-order valence-electron chi connectivity index (χ2n) is 5.05. The van der Waals surface area contributed by atoms with Crippen LogP contribution in [-0.2, 0) is 4.79 Å². The molecule has 5 nitrogen and oxygen atoms in total. The summed E-state index contributed by atoms with van der Waals surface area (Å²) in [6.45, 7) is 0.488. The first-order chi connectivity index (χ1) is 11.7. The van der Waals surface area contributed by atoms with Gasteiger partial charge in [-0.2, -0.15) is 0 Å². The van der Waals surface area contributed by atoms with E-state index in [4.69, 9.17) is 4.74 Å². The lowest BCUT2D eigenvalue weighted by Crippen LogP contribution is -2.12. The van der Waals surface area contributed by atoms with Gasteiger partial charge in [0.15, 0.2) is 5.13 Å². The zero-order valence-electron chi connectivity index (χ0n) is 12.8. The second kappa shape index (κ2) is 8.12. The molecule has 0 bridgehead atoms. The summed E-state index contributed by atoms with van der Waals surface area (Å²) in [5.41, 5.74) is 1.77. The highest BCUT2D eigenvalue weighted by atomic mass is 79.9. The Labute approximate surface area is 152 Å². The standard InChI is InChI=1S/C17H16BrN3O2S/c18-12-5-1-2-7-15(12)23-10-4-8-16(22)21-17-20-14(11-24-17)13-6-3-9-19-13/h1-3,5-7,9,11,19H,4,8,10H2,(H,20,21,22). The van der Waals surface area contributed by atoms with Gasteiger partial charge in [-0.15, -0.1) is 11.3 Å². The third-order valence-corrected chi connectivity index (χ3v) is 4.68. The van der Waals surface area contributed by atoms with Crippen LogP contribution in [-0.4, -0.2) is 22.5 Å². The van der Waals surface area contributed by atoms with Gasteiger partial charge in [-0.3, -0.25) is 4.79 Å². The van der Waals surface area contributed by atoms with E-state index in [2.05, 4.69) is 31.2 Å². The molecular weight excluding hydrogens is 390 g/mol. The number of hydrogen-bond donors (Lipinski definition) is 2. The number of H-pyrrole nitrogens is 1. The minimum atomic E-state index is -0.0573. The van der Waals surface area contributed by atoms with E-state index in [1.54, 1.807) is 0 Å². The Bertz CT molecular complexity index is 802. The number of amides is 1. The number of carbonyl (C=O) groups is 1. The van der Waals surface area contributed by atoms with Crippen molar-refractivity contribution >= 4 is 38.3 Å². The Kier molecular flexibility index (Phi) is 5.66. The Morgan fingerprint density at radius 3 is 2.96 bits per heavy atom. The Balaban J connectivity index is 1.42. The highest BCUT2D eigenvalue weighted by Gasteiger charge is 2.08. The summed E-state index contributed by atoms with van der Waals surface area (Å²) >= 11 is 4.84. The summed E-state index contributed by atoms with van der Waals surface area (Å²) in [6.07, 6.45) is 2.88. The van der Waals surface area contributed by atoms with Crippen molar-refractivity contribution in [1.29, 1.82) is 0 Å². The van der Waals surface area contributed by atoms with Gasteiger partial charge in [0.05, 0.1) is 22.5 Å². The molecule has 0 unspecified atom stereocenters. The predicted molar refractivity (Wildman–Crippen MR) is 99.4 cm³/mol. The molecule has 0 aliphatic rings. The van der Waals surface area contributed by atoms with Crippen molar-refractivity contribution in [3.63, 3.8) is 0 Å². The summed E-state index contributed by atoms with van der Waals surface area (Å²) in [7, 11) is 0. The van der Waals surface area contributed by atoms with E-state index in [0.717, 1.165) is 21.6 Å². The summed E-state index contributed by atoms with van der Waals surface area (Å²) in [4.78, 5) is 19.5. The number of aromatic nitrogens is 2. The number of carbonyl (C=O) groups excluding carboxylic acids is 1. The van der Waals surface area contributed by atoms with E-state index >= 15 is 0 Å². The molecule has 3 aromatic rings. The van der Waals surface area contributed by atoms with Gasteiger partial charge < -0.3 is 15.0 Å². The van der Waals surface area contributed by atoms with Crippen LogP contribution in [0.5, 0.6) is 5.75 Å². The van der Waals surface area contributed by atoms with Crippen LogP contribution in [0.1, 0.15) is 12.8 Å². The molecule has 0 fully saturated rings. The van der Waals surface area contributed by atoms with Crippen molar-refractivity contribution in [3.05, 3.63) is 52.4 Å². The normalized spacial score (nSPS) is 10.5. The number of anilines is 1. The zero-order valence-corrected chi connectivity index (χ0v) is 15.2. The van der Waals surface area contributed by atoms with E-state index in [0.29, 0.717) is 24.6 Å². The first-order valence-electron chi connectivity index (χ1n) is 7.49. The van der Waals surface area contributed by atoms with Crippen molar-refractivity contribution < 1.29 is 9.53 Å². The lowest BCUT2D eigenvalue weighted by Gasteiger charge is -2.07. The smallest absolute Gasteiger partial charge is 0.226 e. The molecule has 0 saturated heterocycles. The minimum Gasteiger partial charge on any atom is -0.492 e. The quantitative estimate of drug-likeness (QED) is 0.559. The molecule has 2 aromatic heterocycles. The lowest BCUT2D eigenvalue weighted by molar-refractivity contribution is -0.116. The van der Waals surface area contributed by atoms with Crippen molar-refractivity contribution in [1.82, 2.24) is 9.97 Å². The monoisotopic (exact) mass is 405 g/mol. The van der Waals surface area contributed by atoms with Gasteiger partial charge in [0, 0.05) is 18.0 Å². The highest BCUT2D eigenvalue weighted by molar-refractivity contribution is 9.10. The molecule has 2 N–H and O–H groups in total. The molecule has 3 rings (SSSR count). The van der Waals surface area contributed by atoms with E-state index in [1.807, 2.05) is 48.0 Å². The van der Waals surface area contributed by atoms with Crippen LogP contribution < -0.4 is 10.1 Å². The van der Waals surface area contributed by atoms with Crippen LogP contribution in [0.3, 0.4) is 0 Å². The molecule has 0 saturated carbocycles. The number of halogens is 1. The van der Waals surface area contributed by atoms with Gasteiger partial charge >= 0.3 is 0 Å². The summed E-state index contributed by atoms with van der Waals surface area (Å²) in [6, 6.07) is 11.5. The van der Waals surface area contributed by atoms with E-state index in [9.17, 15) is 4.79 Å². The van der Waals surface area contributed by atoms with Crippen LogP contribution in [0.4, 0.5) is 5.13 Å². The summed E-state index contributed by atoms with van der Waals surface area (Å²) in [5.74, 6) is 0.728. The molecule has 124 valence electrons. The van der Waals surface area contributed by atoms with Crippen molar-refractivity contribution in [3.8, 4) is 17.1 Å². The fourth-order valence-corrected chi connectivity index (χ4v) is 3.23. The molecular formula is C17H16BrN3O2S. The van der Waals surface area contributed by atoms with Gasteiger partial charge in [-0.25, -0.2) is 4.98 Å². The summed E-state index contributed by atoms with van der Waals surface area (Å²) < 4.78 is 6.56. The molecule has 24 heavy (non-hydrogen) atoms. The Hall–Kier alpha value is -2.12. The first-order valence-corrected chi connectivity index (χ1v) is 9.16. The third kappa shape index (κ3) is 4.46. The highest BCUT2D eigenvalue weighted by Crippen LogP contribution is 2.25. The third-order valence-electron chi connectivity index (χ3n) is 3.27. The number of nitrogens with one attached hydrogen (secondary N) is 2. The molecule has 0 radical (unpaired) electrons. The lowest BCUT2D eigenvalue weighted by atomic mass is 10.3. The maximum atomic E-state index is 12.0. The zero-order chi connectivity index (χ0) is 16.8. The topological polar surface area (TPSA) is 67.0 Å². The minimum absolute atomic E-state index is 0.0573. The fraction of sp³-hybridized carbons (Fsp3) is 0.176. The Morgan fingerprint density at radius 2 is 2.17 bits per heavy atom. The van der Waals surface area contributed by atoms with E-state index in [1.165, 1.54) is 11.3 Å². The largest absolute Gasteiger partial charge is 0.492 e. The number of nitrogens with zero attached hydrogens (tertiary/aromatic N) is 1. The number of ether oxygens (including phenoxy) is 1. The molecule has 0 spiro atoms. The SMILES string of the molecule is O=C(CCCOc1ccccc1Br)Nc1nc(-c2ccc[nH]2)cs1. The number of thiazole rings is 1. The maximum Gasteiger partial charge on any atom is 0.226 e. The predicted octanol–water partition coefficient (Wildman–Crippen LogP) is 4.70. The van der Waals surface area contributed by atoms with Gasteiger partial charge in [-0.1, -0.05) is 12.1 Å². The number of aromatic amines is 1. The molecule has 0 aliphatic carbocycles. The van der Waals surface area contributed by atoms with Crippen LogP contribution in [0, 0.1) is 0 Å². The molecule has 0 atom stereocenters. The van der Waals surface area contributed by atoms with Crippen LogP contribution >= 0.6 is 27.3 Å². The van der Waals surface area contributed by atoms with Crippen molar-refractivity contribution in [2.45, 2.75) is 12.8 Å². The van der Waals surface area contributed by atoms with Gasteiger partial charge in [0.1, 0.15) is 5.75 Å². The first kappa shape index (κ1) is 16.7. The molecule has 7 heteroatoms. The van der Waals surface area contributed by atoms with Gasteiger partial charge in [-0.05, 0) is 46.6 Å². The molecule has 0 aliphatic heterocycles. The van der Waals surface area contributed by atoms with Crippen molar-refractivity contribution in [2.75, 3.05) is 11.9 Å². The number of hydrogen-bond acceptors (Lipinski definition) is 4. The van der Waals surface area contributed by atoms with Crippen molar-refractivity contribution in [2.24, 2.45) is 0 Å². The number of rotatable bonds is 7. The molecule has 2 heterocycles. The average Bonchev–Trinajstić information content (AvgIpc) is 3.24. The average molecular weight is 406 g/mol. The molecule has 1 amide bonds. The second-order valence-corrected chi connectivity index (χ2v) is 6.76. The van der Waals surface area contributed by atoms with Gasteiger partial charge in [0.25, 0.3) is 0 Å². The number of para-hydroxylation sites is 1. The maximum absolute atomic E-state index is 12.0. The van der Waals surface area contributed by atoms with E-state index in [-0.39, 0.29) is 5.91 Å². The van der Waals surface area contributed by atoms with E-state index < -0.39 is 0 Å². The van der Waals surface area contributed by atoms with Crippen LogP contribution in [0.25, 0.3) is 11.4 Å². The summed E-state index contributed by atoms with van der Waals surface area (Å²) in [5, 5.41) is 5.35. The Morgan fingerprint density at radius 1 is 1.29 bits per heavy atom. The number of benzene rings is 1. The van der Waals surface area contributed by atoms with Crippen LogP contribution in [0.15, 0.2) is 52.4 Å². The van der Waals surface area contributed by atoms with Crippen LogP contribution in [0.2, 0.25) is 0 Å². The fourth-order valence-electron chi connectivity index (χ4n) is 2.10. The van der Waals surface area contributed by atoms with Gasteiger partial charge in [0.2, 0.25) is 5.91 Å². The molecule has 1 aromatic carbocycles.